The summed E-state index contributed by atoms with van der Waals surface area (Å²) in [6.45, 7) is 5.61. The van der Waals surface area contributed by atoms with E-state index >= 15 is 0 Å². The third kappa shape index (κ3) is 4.47. The second-order valence-electron chi connectivity index (χ2n) is 2.60. The van der Waals surface area contributed by atoms with E-state index in [0.29, 0.717) is 6.61 Å². The van der Waals surface area contributed by atoms with Crippen molar-refractivity contribution >= 4 is 5.78 Å². The van der Waals surface area contributed by atoms with Crippen molar-refractivity contribution in [1.29, 1.82) is 0 Å². The molecule has 0 saturated heterocycles. The van der Waals surface area contributed by atoms with Gasteiger partial charge in [-0.05, 0) is 20.8 Å². The lowest BCUT2D eigenvalue weighted by Crippen LogP contribution is -2.34. The molecule has 0 aliphatic rings. The second kappa shape index (κ2) is 4.41. The molecule has 0 aromatic rings. The summed E-state index contributed by atoms with van der Waals surface area (Å²) in [4.78, 5) is 10.6. The Kier molecular flexibility index (Phi) is 4.23. The van der Waals surface area contributed by atoms with Crippen LogP contribution in [0.5, 0.6) is 0 Å². The van der Waals surface area contributed by atoms with Crippen molar-refractivity contribution in [2.75, 3.05) is 6.61 Å². The number of rotatable bonds is 4. The Morgan fingerprint density at radius 1 is 1.60 bits per heavy atom. The molecule has 3 heteroatoms. The molecular weight excluding hydrogens is 130 g/mol. The number of ketones is 1. The molecule has 0 heterocycles. The molecule has 2 N–H and O–H groups in total. The van der Waals surface area contributed by atoms with Crippen molar-refractivity contribution in [1.82, 2.24) is 0 Å². The van der Waals surface area contributed by atoms with E-state index in [1.807, 2.05) is 13.8 Å². The molecule has 0 fully saturated rings. The minimum Gasteiger partial charge on any atom is -0.377 e. The topological polar surface area (TPSA) is 52.3 Å². The fourth-order valence-corrected chi connectivity index (χ4v) is 0.413. The van der Waals surface area contributed by atoms with Crippen LogP contribution >= 0.6 is 0 Å². The number of ether oxygens (including phenoxy) is 1. The summed E-state index contributed by atoms with van der Waals surface area (Å²) in [5, 5.41) is 0. The maximum absolute atomic E-state index is 10.6. The Hall–Kier alpha value is -0.410. The summed E-state index contributed by atoms with van der Waals surface area (Å²) in [6, 6.07) is -0.456. The number of carbonyl (C=O) groups is 1. The van der Waals surface area contributed by atoms with Gasteiger partial charge in [0.05, 0.1) is 18.8 Å². The summed E-state index contributed by atoms with van der Waals surface area (Å²) >= 11 is 0. The van der Waals surface area contributed by atoms with Gasteiger partial charge in [-0.2, -0.15) is 0 Å². The van der Waals surface area contributed by atoms with Gasteiger partial charge in [0.15, 0.2) is 0 Å². The summed E-state index contributed by atoms with van der Waals surface area (Å²) in [5.74, 6) is -0.0272. The zero-order valence-electron chi connectivity index (χ0n) is 6.76. The van der Waals surface area contributed by atoms with Crippen LogP contribution in [0.2, 0.25) is 0 Å². The molecule has 0 aromatic heterocycles. The van der Waals surface area contributed by atoms with Crippen molar-refractivity contribution in [2.24, 2.45) is 5.73 Å². The Labute approximate surface area is 61.5 Å². The fourth-order valence-electron chi connectivity index (χ4n) is 0.413. The van der Waals surface area contributed by atoms with Gasteiger partial charge < -0.3 is 10.5 Å². The summed E-state index contributed by atoms with van der Waals surface area (Å²) in [6.07, 6.45) is 0.144. The number of carbonyl (C=O) groups excluding carboxylic acids is 1. The molecule has 0 spiro atoms. The maximum atomic E-state index is 10.6. The van der Waals surface area contributed by atoms with E-state index in [1.165, 1.54) is 6.92 Å². The van der Waals surface area contributed by atoms with E-state index in [9.17, 15) is 4.79 Å². The van der Waals surface area contributed by atoms with Crippen LogP contribution in [0.4, 0.5) is 0 Å². The van der Waals surface area contributed by atoms with E-state index in [-0.39, 0.29) is 11.9 Å². The molecule has 0 radical (unpaired) electrons. The largest absolute Gasteiger partial charge is 0.377 e. The normalized spacial score (nSPS) is 13.7. The first kappa shape index (κ1) is 9.59. The van der Waals surface area contributed by atoms with Gasteiger partial charge in [0.2, 0.25) is 0 Å². The lowest BCUT2D eigenvalue weighted by atomic mass is 10.2. The fraction of sp³-hybridized carbons (Fsp3) is 0.857. The molecule has 0 saturated carbocycles. The van der Waals surface area contributed by atoms with Gasteiger partial charge in [-0.1, -0.05) is 0 Å². The predicted molar refractivity (Wildman–Crippen MR) is 39.7 cm³/mol. The Bertz CT molecular complexity index is 112. The maximum Gasteiger partial charge on any atom is 0.148 e. The Morgan fingerprint density at radius 3 is 2.40 bits per heavy atom. The van der Waals surface area contributed by atoms with Crippen molar-refractivity contribution in [3.8, 4) is 0 Å². The van der Waals surface area contributed by atoms with E-state index < -0.39 is 6.04 Å². The number of hydrogen-bond donors (Lipinski definition) is 1. The molecule has 3 nitrogen and oxygen atoms in total. The summed E-state index contributed by atoms with van der Waals surface area (Å²) < 4.78 is 5.12. The van der Waals surface area contributed by atoms with Crippen LogP contribution in [-0.2, 0) is 9.53 Å². The van der Waals surface area contributed by atoms with Crippen molar-refractivity contribution in [3.63, 3.8) is 0 Å². The molecule has 0 amide bonds. The first-order chi connectivity index (χ1) is 4.54. The third-order valence-corrected chi connectivity index (χ3v) is 1.13. The van der Waals surface area contributed by atoms with Crippen LogP contribution in [0.3, 0.4) is 0 Å². The van der Waals surface area contributed by atoms with Crippen LogP contribution in [0.15, 0.2) is 0 Å². The van der Waals surface area contributed by atoms with Gasteiger partial charge in [0, 0.05) is 0 Å². The first-order valence-electron chi connectivity index (χ1n) is 3.41. The van der Waals surface area contributed by atoms with Gasteiger partial charge >= 0.3 is 0 Å². The van der Waals surface area contributed by atoms with Gasteiger partial charge in [-0.15, -0.1) is 0 Å². The zero-order chi connectivity index (χ0) is 8.15. The van der Waals surface area contributed by atoms with Crippen LogP contribution < -0.4 is 5.73 Å². The number of nitrogens with two attached hydrogens (primary N) is 1. The second-order valence-corrected chi connectivity index (χ2v) is 2.60. The van der Waals surface area contributed by atoms with Crippen LogP contribution in [0.1, 0.15) is 20.8 Å². The average Bonchev–Trinajstić information content (AvgIpc) is 1.82. The summed E-state index contributed by atoms with van der Waals surface area (Å²) in [7, 11) is 0. The van der Waals surface area contributed by atoms with E-state index in [1.54, 1.807) is 0 Å². The molecule has 0 bridgehead atoms. The van der Waals surface area contributed by atoms with E-state index in [2.05, 4.69) is 0 Å². The van der Waals surface area contributed by atoms with Gasteiger partial charge in [-0.25, -0.2) is 0 Å². The number of hydrogen-bond acceptors (Lipinski definition) is 3. The highest BCUT2D eigenvalue weighted by molar-refractivity contribution is 5.81. The monoisotopic (exact) mass is 145 g/mol. The van der Waals surface area contributed by atoms with E-state index in [4.69, 9.17) is 10.5 Å². The Balaban J connectivity index is 3.40. The van der Waals surface area contributed by atoms with Gasteiger partial charge in [0.1, 0.15) is 5.78 Å². The molecule has 0 rings (SSSR count). The zero-order valence-corrected chi connectivity index (χ0v) is 6.76. The van der Waals surface area contributed by atoms with Crippen LogP contribution in [0.25, 0.3) is 0 Å². The SMILES string of the molecule is CC(=O)[C@H](N)COC(C)C. The quantitative estimate of drug-likeness (QED) is 0.620. The molecule has 60 valence electrons. The van der Waals surface area contributed by atoms with Crippen LogP contribution in [-0.4, -0.2) is 24.5 Å². The highest BCUT2D eigenvalue weighted by atomic mass is 16.5. The molecular formula is C7H15NO2. The summed E-state index contributed by atoms with van der Waals surface area (Å²) in [5.41, 5.74) is 5.39. The minimum atomic E-state index is -0.456. The van der Waals surface area contributed by atoms with Gasteiger partial charge in [-0.3, -0.25) is 4.79 Å². The average molecular weight is 145 g/mol. The highest BCUT2D eigenvalue weighted by Crippen LogP contribution is 1.90. The standard InChI is InChI=1S/C7H15NO2/c1-5(2)10-4-7(8)6(3)9/h5,7H,4,8H2,1-3H3/t7-/m1/s1. The van der Waals surface area contributed by atoms with Crippen molar-refractivity contribution in [2.45, 2.75) is 32.9 Å². The molecule has 1 atom stereocenters. The lowest BCUT2D eigenvalue weighted by Gasteiger charge is -2.10. The molecule has 0 aliphatic carbocycles. The molecule has 10 heavy (non-hydrogen) atoms. The Morgan fingerprint density at radius 2 is 2.10 bits per heavy atom. The van der Waals surface area contributed by atoms with Crippen LogP contribution in [0, 0.1) is 0 Å². The molecule has 0 unspecified atom stereocenters. The number of Topliss-reactive ketones (excluding diaryl/α,β-unsaturated/α-hetero) is 1. The minimum absolute atomic E-state index is 0.0272. The molecule has 0 aromatic carbocycles. The van der Waals surface area contributed by atoms with Crippen molar-refractivity contribution < 1.29 is 9.53 Å². The third-order valence-electron chi connectivity index (χ3n) is 1.13. The predicted octanol–water partition coefficient (Wildman–Crippen LogP) is 0.328. The first-order valence-corrected chi connectivity index (χ1v) is 3.41. The van der Waals surface area contributed by atoms with E-state index in [0.717, 1.165) is 0 Å². The highest BCUT2D eigenvalue weighted by Gasteiger charge is 2.07. The molecule has 0 aliphatic heterocycles. The van der Waals surface area contributed by atoms with Crippen molar-refractivity contribution in [3.05, 3.63) is 0 Å². The smallest absolute Gasteiger partial charge is 0.148 e. The van der Waals surface area contributed by atoms with Gasteiger partial charge in [0.25, 0.3) is 0 Å². The lowest BCUT2D eigenvalue weighted by molar-refractivity contribution is -0.119.